The number of oxazole rings is 1. The van der Waals surface area contributed by atoms with Gasteiger partial charge in [-0.15, -0.1) is 0 Å². The normalized spacial score (nSPS) is 19.1. The third-order valence-electron chi connectivity index (χ3n) is 4.00. The van der Waals surface area contributed by atoms with Crippen LogP contribution in [0.15, 0.2) is 28.7 Å². The molecule has 0 amide bonds. The van der Waals surface area contributed by atoms with E-state index in [9.17, 15) is 8.42 Å². The minimum Gasteiger partial charge on any atom is -0.423 e. The molecule has 23 heavy (non-hydrogen) atoms. The van der Waals surface area contributed by atoms with E-state index in [4.69, 9.17) is 4.42 Å². The van der Waals surface area contributed by atoms with Gasteiger partial charge in [-0.25, -0.2) is 13.1 Å². The molecule has 1 aliphatic rings. The van der Waals surface area contributed by atoms with Crippen molar-refractivity contribution in [1.29, 1.82) is 0 Å². The minimum absolute atomic E-state index is 0.0880. The highest BCUT2D eigenvalue weighted by molar-refractivity contribution is 7.89. The van der Waals surface area contributed by atoms with Crippen molar-refractivity contribution < 1.29 is 12.8 Å². The minimum atomic E-state index is -3.23. The number of sulfonamides is 1. The molecule has 1 aromatic heterocycles. The Morgan fingerprint density at radius 2 is 2.17 bits per heavy atom. The summed E-state index contributed by atoms with van der Waals surface area (Å²) < 4.78 is 32.6. The van der Waals surface area contributed by atoms with Crippen molar-refractivity contribution in [2.45, 2.75) is 32.7 Å². The molecule has 0 aliphatic carbocycles. The Balaban J connectivity index is 1.70. The highest BCUT2D eigenvalue weighted by Crippen LogP contribution is 2.28. The predicted octanol–water partition coefficient (Wildman–Crippen LogP) is 2.37. The summed E-state index contributed by atoms with van der Waals surface area (Å²) in [4.78, 5) is 6.59. The molecule has 6 nitrogen and oxygen atoms in total. The first-order valence-corrected chi connectivity index (χ1v) is 9.69. The Bertz CT molecular complexity index is 737. The molecule has 7 heteroatoms. The lowest BCUT2D eigenvalue weighted by molar-refractivity contribution is 0.530. The van der Waals surface area contributed by atoms with Crippen LogP contribution in [-0.2, 0) is 10.0 Å². The average molecular weight is 337 g/mol. The van der Waals surface area contributed by atoms with Crippen LogP contribution in [-0.4, -0.2) is 38.3 Å². The number of nitrogens with zero attached hydrogens (tertiary/aromatic N) is 2. The number of nitrogens with one attached hydrogen (secondary N) is 1. The summed E-state index contributed by atoms with van der Waals surface area (Å²) in [6.45, 7) is 5.04. The molecular formula is C16H23N3O3S. The smallest absolute Gasteiger partial charge is 0.298 e. The van der Waals surface area contributed by atoms with Crippen molar-refractivity contribution in [1.82, 2.24) is 9.71 Å². The summed E-state index contributed by atoms with van der Waals surface area (Å²) in [6, 6.07) is 8.32. The molecule has 2 aromatic rings. The van der Waals surface area contributed by atoms with Gasteiger partial charge in [0.2, 0.25) is 10.0 Å². The fraction of sp³-hybridized carbons (Fsp3) is 0.562. The third kappa shape index (κ3) is 3.84. The number of aromatic nitrogens is 1. The van der Waals surface area contributed by atoms with E-state index in [0.29, 0.717) is 12.6 Å². The lowest BCUT2D eigenvalue weighted by atomic mass is 10.2. The maximum absolute atomic E-state index is 12.0. The largest absolute Gasteiger partial charge is 0.423 e. The van der Waals surface area contributed by atoms with E-state index in [1.807, 2.05) is 38.1 Å². The first kappa shape index (κ1) is 16.3. The van der Waals surface area contributed by atoms with Crippen LogP contribution in [0.4, 0.5) is 6.01 Å². The Labute approximate surface area is 136 Å². The topological polar surface area (TPSA) is 75.4 Å². The summed E-state index contributed by atoms with van der Waals surface area (Å²) in [7, 11) is -3.23. The summed E-state index contributed by atoms with van der Waals surface area (Å²) in [5.74, 6) is 0.270. The zero-order chi connectivity index (χ0) is 16.4. The van der Waals surface area contributed by atoms with Crippen molar-refractivity contribution in [3.05, 3.63) is 24.3 Å². The fourth-order valence-corrected chi connectivity index (χ4v) is 4.45. The van der Waals surface area contributed by atoms with E-state index in [2.05, 4.69) is 14.6 Å². The van der Waals surface area contributed by atoms with Gasteiger partial charge in [-0.1, -0.05) is 26.0 Å². The Hall–Kier alpha value is -1.60. The first-order chi connectivity index (χ1) is 10.9. The maximum atomic E-state index is 12.0. The van der Waals surface area contributed by atoms with Crippen LogP contribution in [0.5, 0.6) is 0 Å². The van der Waals surface area contributed by atoms with Gasteiger partial charge >= 0.3 is 0 Å². The second-order valence-electron chi connectivity index (χ2n) is 6.48. The molecular weight excluding hydrogens is 314 g/mol. The highest BCUT2D eigenvalue weighted by atomic mass is 32.2. The van der Waals surface area contributed by atoms with E-state index < -0.39 is 10.0 Å². The molecule has 0 spiro atoms. The van der Waals surface area contributed by atoms with Crippen LogP contribution in [0, 0.1) is 5.92 Å². The third-order valence-corrected chi connectivity index (χ3v) is 5.71. The number of hydrogen-bond donors (Lipinski definition) is 1. The molecule has 1 aliphatic heterocycles. The molecule has 2 heterocycles. The molecule has 1 atom stereocenters. The van der Waals surface area contributed by atoms with Crippen LogP contribution in [0.25, 0.3) is 11.1 Å². The Morgan fingerprint density at radius 3 is 2.91 bits per heavy atom. The second kappa shape index (κ2) is 6.49. The first-order valence-electron chi connectivity index (χ1n) is 8.04. The number of hydrogen-bond acceptors (Lipinski definition) is 5. The lowest BCUT2D eigenvalue weighted by Gasteiger charge is -2.23. The molecule has 0 bridgehead atoms. The summed E-state index contributed by atoms with van der Waals surface area (Å²) >= 11 is 0. The van der Waals surface area contributed by atoms with Gasteiger partial charge in [-0.2, -0.15) is 4.98 Å². The van der Waals surface area contributed by atoms with E-state index in [1.165, 1.54) is 0 Å². The van der Waals surface area contributed by atoms with Crippen LogP contribution < -0.4 is 9.62 Å². The predicted molar refractivity (Wildman–Crippen MR) is 91.0 cm³/mol. The molecule has 1 fully saturated rings. The zero-order valence-corrected chi connectivity index (χ0v) is 14.3. The van der Waals surface area contributed by atoms with Gasteiger partial charge in [0.25, 0.3) is 6.01 Å². The van der Waals surface area contributed by atoms with Crippen LogP contribution >= 0.6 is 0 Å². The Morgan fingerprint density at radius 1 is 1.39 bits per heavy atom. The van der Waals surface area contributed by atoms with Gasteiger partial charge in [-0.05, 0) is 30.9 Å². The van der Waals surface area contributed by atoms with Crippen LogP contribution in [0.1, 0.15) is 26.7 Å². The zero-order valence-electron chi connectivity index (χ0n) is 13.5. The number of rotatable bonds is 6. The van der Waals surface area contributed by atoms with E-state index >= 15 is 0 Å². The number of fused-ring (bicyclic) bond motifs is 1. The number of para-hydroxylation sites is 2. The monoisotopic (exact) mass is 337 g/mol. The van der Waals surface area contributed by atoms with Crippen molar-refractivity contribution in [3.8, 4) is 0 Å². The number of benzene rings is 1. The lowest BCUT2D eigenvalue weighted by Crippen LogP contribution is -2.41. The van der Waals surface area contributed by atoms with Gasteiger partial charge in [-0.3, -0.25) is 0 Å². The molecule has 1 aromatic carbocycles. The summed E-state index contributed by atoms with van der Waals surface area (Å²) in [5.41, 5.74) is 1.59. The fourth-order valence-electron chi connectivity index (χ4n) is 3.00. The molecule has 0 saturated carbocycles. The standard InChI is InChI=1S/C16H23N3O3S/c1-12(2)11-23(20,21)17-10-13-6-5-9-19(13)16-18-14-7-3-4-8-15(14)22-16/h3-4,7-8,12-13,17H,5-6,9-11H2,1-2H3. The SMILES string of the molecule is CC(C)CS(=O)(=O)NCC1CCCN1c1nc2ccccc2o1. The molecule has 3 rings (SSSR count). The molecule has 1 saturated heterocycles. The van der Waals surface area contributed by atoms with E-state index in [1.54, 1.807) is 0 Å². The van der Waals surface area contributed by atoms with Crippen LogP contribution in [0.3, 0.4) is 0 Å². The van der Waals surface area contributed by atoms with Gasteiger partial charge in [0.1, 0.15) is 5.52 Å². The van der Waals surface area contributed by atoms with Gasteiger partial charge in [0, 0.05) is 19.1 Å². The van der Waals surface area contributed by atoms with E-state index in [0.717, 1.165) is 30.5 Å². The van der Waals surface area contributed by atoms with Crippen molar-refractivity contribution in [2.75, 3.05) is 23.7 Å². The number of anilines is 1. The molecule has 126 valence electrons. The average Bonchev–Trinajstić information content (AvgIpc) is 3.09. The van der Waals surface area contributed by atoms with Gasteiger partial charge in [0.05, 0.1) is 5.75 Å². The Kier molecular flexibility index (Phi) is 4.59. The van der Waals surface area contributed by atoms with Crippen molar-refractivity contribution in [2.24, 2.45) is 5.92 Å². The quantitative estimate of drug-likeness (QED) is 0.876. The molecule has 1 unspecified atom stereocenters. The van der Waals surface area contributed by atoms with E-state index in [-0.39, 0.29) is 17.7 Å². The second-order valence-corrected chi connectivity index (χ2v) is 8.33. The molecule has 1 N–H and O–H groups in total. The summed E-state index contributed by atoms with van der Waals surface area (Å²) in [6.07, 6.45) is 1.94. The van der Waals surface area contributed by atoms with Crippen molar-refractivity contribution in [3.63, 3.8) is 0 Å². The van der Waals surface area contributed by atoms with Gasteiger partial charge in [0.15, 0.2) is 5.58 Å². The van der Waals surface area contributed by atoms with Crippen molar-refractivity contribution >= 4 is 27.1 Å². The van der Waals surface area contributed by atoms with Gasteiger partial charge < -0.3 is 9.32 Å². The maximum Gasteiger partial charge on any atom is 0.298 e. The highest BCUT2D eigenvalue weighted by Gasteiger charge is 2.29. The molecule has 0 radical (unpaired) electrons. The summed E-state index contributed by atoms with van der Waals surface area (Å²) in [5, 5.41) is 0. The van der Waals surface area contributed by atoms with Crippen LogP contribution in [0.2, 0.25) is 0 Å².